The predicted octanol–water partition coefficient (Wildman–Crippen LogP) is 2.55. The first-order valence-corrected chi connectivity index (χ1v) is 7.61. The van der Waals surface area contributed by atoms with E-state index in [0.29, 0.717) is 11.4 Å². The molecule has 0 aliphatic carbocycles. The molecule has 0 aliphatic heterocycles. The van der Waals surface area contributed by atoms with Crippen molar-refractivity contribution in [2.45, 2.75) is 39.7 Å². The van der Waals surface area contributed by atoms with Crippen LogP contribution in [0.2, 0.25) is 5.02 Å². The molecule has 21 heavy (non-hydrogen) atoms. The van der Waals surface area contributed by atoms with Crippen LogP contribution in [0.1, 0.15) is 32.8 Å². The number of hydrogen-bond acceptors (Lipinski definition) is 2. The minimum atomic E-state index is -0.179. The summed E-state index contributed by atoms with van der Waals surface area (Å²) in [6, 6.07) is 7.54. The monoisotopic (exact) mass is 310 g/mol. The van der Waals surface area contributed by atoms with Gasteiger partial charge in [0.1, 0.15) is 0 Å². The fraction of sp³-hybridized carbons (Fsp3) is 0.500. The van der Waals surface area contributed by atoms with Gasteiger partial charge in [0.15, 0.2) is 0 Å². The van der Waals surface area contributed by atoms with Crippen LogP contribution in [0, 0.1) is 5.92 Å². The Morgan fingerprint density at radius 3 is 2.62 bits per heavy atom. The third-order valence-corrected chi connectivity index (χ3v) is 3.56. The molecule has 0 saturated heterocycles. The number of carbonyl (C=O) groups excluding carboxylic acids is 2. The molecular formula is C16H23ClN2O2. The van der Waals surface area contributed by atoms with Crippen molar-refractivity contribution in [3.63, 3.8) is 0 Å². The van der Waals surface area contributed by atoms with Crippen molar-refractivity contribution in [3.8, 4) is 0 Å². The van der Waals surface area contributed by atoms with E-state index in [9.17, 15) is 9.59 Å². The van der Waals surface area contributed by atoms with Crippen molar-refractivity contribution in [3.05, 3.63) is 34.9 Å². The lowest BCUT2D eigenvalue weighted by molar-refractivity contribution is -0.128. The molecule has 0 fully saturated rings. The van der Waals surface area contributed by atoms with Crippen LogP contribution in [-0.2, 0) is 16.0 Å². The second-order valence-corrected chi connectivity index (χ2v) is 5.77. The Hall–Kier alpha value is -1.55. The molecule has 0 saturated carbocycles. The number of rotatable bonds is 7. The van der Waals surface area contributed by atoms with Crippen molar-refractivity contribution in [1.29, 1.82) is 0 Å². The van der Waals surface area contributed by atoms with Crippen molar-refractivity contribution in [1.82, 2.24) is 10.6 Å². The van der Waals surface area contributed by atoms with E-state index in [2.05, 4.69) is 10.6 Å². The largest absolute Gasteiger partial charge is 0.352 e. The Bertz CT molecular complexity index is 491. The SMILES string of the molecule is CC[C@H](C)C(=O)NCC(=O)N[C@H](C)Cc1cccc(Cl)c1. The van der Waals surface area contributed by atoms with E-state index in [1.807, 2.05) is 45.0 Å². The van der Waals surface area contributed by atoms with Crippen LogP contribution >= 0.6 is 11.6 Å². The van der Waals surface area contributed by atoms with E-state index in [1.54, 1.807) is 0 Å². The Morgan fingerprint density at radius 1 is 1.29 bits per heavy atom. The van der Waals surface area contributed by atoms with Gasteiger partial charge in [-0.25, -0.2) is 0 Å². The van der Waals surface area contributed by atoms with E-state index in [1.165, 1.54) is 0 Å². The molecule has 0 aromatic heterocycles. The van der Waals surface area contributed by atoms with Crippen molar-refractivity contribution < 1.29 is 9.59 Å². The average molecular weight is 311 g/mol. The Balaban J connectivity index is 2.35. The van der Waals surface area contributed by atoms with Gasteiger partial charge in [0.05, 0.1) is 6.54 Å². The van der Waals surface area contributed by atoms with Crippen LogP contribution < -0.4 is 10.6 Å². The molecule has 0 radical (unpaired) electrons. The summed E-state index contributed by atoms with van der Waals surface area (Å²) in [4.78, 5) is 23.4. The third kappa shape index (κ3) is 6.63. The van der Waals surface area contributed by atoms with E-state index in [-0.39, 0.29) is 30.3 Å². The quantitative estimate of drug-likeness (QED) is 0.813. The second-order valence-electron chi connectivity index (χ2n) is 5.33. The summed E-state index contributed by atoms with van der Waals surface area (Å²) in [5, 5.41) is 6.19. The second kappa shape index (κ2) is 8.67. The Labute approximate surface area is 131 Å². The number of benzene rings is 1. The summed E-state index contributed by atoms with van der Waals surface area (Å²) in [5.41, 5.74) is 1.07. The molecule has 0 spiro atoms. The van der Waals surface area contributed by atoms with E-state index in [4.69, 9.17) is 11.6 Å². The standard InChI is InChI=1S/C16H23ClN2O2/c1-4-11(2)16(21)18-10-15(20)19-12(3)8-13-6-5-7-14(17)9-13/h5-7,9,11-12H,4,8,10H2,1-3H3,(H,18,21)(H,19,20)/t11-,12+/m0/s1. The van der Waals surface area contributed by atoms with Crippen LogP contribution in [0.25, 0.3) is 0 Å². The summed E-state index contributed by atoms with van der Waals surface area (Å²) in [6.45, 7) is 5.73. The highest BCUT2D eigenvalue weighted by Crippen LogP contribution is 2.12. The molecule has 2 N–H and O–H groups in total. The van der Waals surface area contributed by atoms with Crippen LogP contribution in [0.3, 0.4) is 0 Å². The van der Waals surface area contributed by atoms with E-state index < -0.39 is 0 Å². The average Bonchev–Trinajstić information content (AvgIpc) is 2.43. The molecule has 0 aliphatic rings. The fourth-order valence-electron chi connectivity index (χ4n) is 1.92. The minimum Gasteiger partial charge on any atom is -0.352 e. The van der Waals surface area contributed by atoms with Gasteiger partial charge in [0.2, 0.25) is 11.8 Å². The lowest BCUT2D eigenvalue weighted by Crippen LogP contribution is -2.42. The summed E-state index contributed by atoms with van der Waals surface area (Å²) in [6.07, 6.45) is 1.46. The van der Waals surface area contributed by atoms with Crippen molar-refractivity contribution in [2.24, 2.45) is 5.92 Å². The van der Waals surface area contributed by atoms with Crippen LogP contribution in [0.4, 0.5) is 0 Å². The molecule has 116 valence electrons. The van der Waals surface area contributed by atoms with Gasteiger partial charge in [-0.3, -0.25) is 9.59 Å². The van der Waals surface area contributed by atoms with Gasteiger partial charge >= 0.3 is 0 Å². The van der Waals surface area contributed by atoms with Gasteiger partial charge in [0, 0.05) is 17.0 Å². The summed E-state index contributed by atoms with van der Waals surface area (Å²) >= 11 is 5.93. The number of halogens is 1. The zero-order valence-electron chi connectivity index (χ0n) is 12.8. The maximum absolute atomic E-state index is 11.8. The normalized spacial score (nSPS) is 13.3. The molecule has 0 unspecified atom stereocenters. The molecule has 0 heterocycles. The molecule has 5 heteroatoms. The maximum Gasteiger partial charge on any atom is 0.239 e. The van der Waals surface area contributed by atoms with Crippen molar-refractivity contribution in [2.75, 3.05) is 6.54 Å². The molecule has 4 nitrogen and oxygen atoms in total. The van der Waals surface area contributed by atoms with Gasteiger partial charge < -0.3 is 10.6 Å². The van der Waals surface area contributed by atoms with Gasteiger partial charge in [-0.15, -0.1) is 0 Å². The van der Waals surface area contributed by atoms with E-state index >= 15 is 0 Å². The van der Waals surface area contributed by atoms with Crippen LogP contribution in [-0.4, -0.2) is 24.4 Å². The highest BCUT2D eigenvalue weighted by molar-refractivity contribution is 6.30. The number of nitrogens with one attached hydrogen (secondary N) is 2. The highest BCUT2D eigenvalue weighted by atomic mass is 35.5. The van der Waals surface area contributed by atoms with E-state index in [0.717, 1.165) is 12.0 Å². The molecule has 1 rings (SSSR count). The topological polar surface area (TPSA) is 58.2 Å². The zero-order chi connectivity index (χ0) is 15.8. The number of amides is 2. The minimum absolute atomic E-state index is 0.0169. The molecule has 2 atom stereocenters. The van der Waals surface area contributed by atoms with Gasteiger partial charge in [0.25, 0.3) is 0 Å². The summed E-state index contributed by atoms with van der Waals surface area (Å²) < 4.78 is 0. The lowest BCUT2D eigenvalue weighted by Gasteiger charge is -2.15. The highest BCUT2D eigenvalue weighted by Gasteiger charge is 2.13. The molecule has 0 bridgehead atoms. The molecule has 2 amide bonds. The predicted molar refractivity (Wildman–Crippen MR) is 85.2 cm³/mol. The van der Waals surface area contributed by atoms with Gasteiger partial charge in [-0.05, 0) is 37.5 Å². The number of hydrogen-bond donors (Lipinski definition) is 2. The Kier molecular flexibility index (Phi) is 7.23. The first-order valence-electron chi connectivity index (χ1n) is 7.23. The summed E-state index contributed by atoms with van der Waals surface area (Å²) in [5.74, 6) is -0.335. The lowest BCUT2D eigenvalue weighted by atomic mass is 10.1. The Morgan fingerprint density at radius 2 is 2.00 bits per heavy atom. The summed E-state index contributed by atoms with van der Waals surface area (Å²) in [7, 11) is 0. The molecular weight excluding hydrogens is 288 g/mol. The maximum atomic E-state index is 11.8. The van der Waals surface area contributed by atoms with Crippen molar-refractivity contribution >= 4 is 23.4 Å². The first kappa shape index (κ1) is 17.5. The number of carbonyl (C=O) groups is 2. The van der Waals surface area contributed by atoms with Gasteiger partial charge in [-0.2, -0.15) is 0 Å². The molecule has 1 aromatic rings. The molecule has 1 aromatic carbocycles. The van der Waals surface area contributed by atoms with Crippen LogP contribution in [0.15, 0.2) is 24.3 Å². The smallest absolute Gasteiger partial charge is 0.239 e. The fourth-order valence-corrected chi connectivity index (χ4v) is 2.13. The zero-order valence-corrected chi connectivity index (χ0v) is 13.5. The van der Waals surface area contributed by atoms with Gasteiger partial charge in [-0.1, -0.05) is 37.6 Å². The van der Waals surface area contributed by atoms with Crippen LogP contribution in [0.5, 0.6) is 0 Å². The third-order valence-electron chi connectivity index (χ3n) is 3.32. The first-order chi connectivity index (χ1) is 9.92.